The van der Waals surface area contributed by atoms with Crippen LogP contribution in [0.1, 0.15) is 30.5 Å². The van der Waals surface area contributed by atoms with E-state index in [0.29, 0.717) is 19.0 Å². The van der Waals surface area contributed by atoms with Gasteiger partial charge in [-0.2, -0.15) is 5.10 Å². The first-order chi connectivity index (χ1) is 9.78. The molecule has 1 fully saturated rings. The second-order valence-electron chi connectivity index (χ2n) is 5.50. The molecule has 104 valence electrons. The molecule has 0 bridgehead atoms. The summed E-state index contributed by atoms with van der Waals surface area (Å²) in [6.45, 7) is 1.23. The van der Waals surface area contributed by atoms with Gasteiger partial charge in [0.05, 0.1) is 0 Å². The number of benzene rings is 1. The van der Waals surface area contributed by atoms with E-state index in [9.17, 15) is 0 Å². The molecule has 1 saturated carbocycles. The van der Waals surface area contributed by atoms with E-state index >= 15 is 0 Å². The van der Waals surface area contributed by atoms with Gasteiger partial charge in [-0.15, -0.1) is 0 Å². The normalized spacial score (nSPS) is 19.4. The zero-order chi connectivity index (χ0) is 13.6. The Balaban J connectivity index is 1.78. The number of fused-ring (bicyclic) bond motifs is 1. The number of hydrogen-bond acceptors (Lipinski definition) is 4. The van der Waals surface area contributed by atoms with Crippen LogP contribution < -0.4 is 15.2 Å². The van der Waals surface area contributed by atoms with Crippen molar-refractivity contribution in [1.82, 2.24) is 10.2 Å². The molecule has 0 atom stereocenters. The number of nitrogen functional groups attached to an aromatic ring is 1. The number of hydrogen-bond donors (Lipinski definition) is 2. The number of nitrogens with zero attached hydrogens (tertiary/aromatic N) is 1. The lowest BCUT2D eigenvalue weighted by atomic mass is 9.62. The number of anilines is 1. The van der Waals surface area contributed by atoms with Gasteiger partial charge in [0.2, 0.25) is 0 Å². The smallest absolute Gasteiger partial charge is 0.161 e. The van der Waals surface area contributed by atoms with Crippen LogP contribution in [0.3, 0.4) is 0 Å². The second-order valence-corrected chi connectivity index (χ2v) is 5.50. The Bertz CT molecular complexity index is 646. The van der Waals surface area contributed by atoms with Gasteiger partial charge in [-0.05, 0) is 30.5 Å². The van der Waals surface area contributed by atoms with E-state index in [0.717, 1.165) is 30.0 Å². The summed E-state index contributed by atoms with van der Waals surface area (Å²) in [6, 6.07) is 8.17. The number of rotatable bonds is 2. The fourth-order valence-electron chi connectivity index (χ4n) is 3.17. The van der Waals surface area contributed by atoms with Crippen LogP contribution in [0.4, 0.5) is 5.82 Å². The first-order valence-corrected chi connectivity index (χ1v) is 6.99. The topological polar surface area (TPSA) is 73.2 Å². The Hall–Kier alpha value is -2.17. The van der Waals surface area contributed by atoms with E-state index in [1.807, 2.05) is 12.1 Å². The summed E-state index contributed by atoms with van der Waals surface area (Å²) in [6.07, 6.45) is 3.43. The fraction of sp³-hybridized carbons (Fsp3) is 0.400. The van der Waals surface area contributed by atoms with E-state index in [1.54, 1.807) is 0 Å². The molecule has 5 nitrogen and oxygen atoms in total. The van der Waals surface area contributed by atoms with Crippen LogP contribution in [-0.2, 0) is 5.41 Å². The lowest BCUT2D eigenvalue weighted by molar-refractivity contribution is 0.170. The van der Waals surface area contributed by atoms with Crippen molar-refractivity contribution >= 4 is 5.82 Å². The SMILES string of the molecule is Nc1cc(C2(c3ccc4c(c3)OCCO4)CCC2)[nH]n1. The molecule has 0 amide bonds. The molecule has 0 radical (unpaired) electrons. The maximum absolute atomic E-state index is 5.76. The van der Waals surface area contributed by atoms with Crippen molar-refractivity contribution in [2.45, 2.75) is 24.7 Å². The highest BCUT2D eigenvalue weighted by atomic mass is 16.6. The van der Waals surface area contributed by atoms with Gasteiger partial charge in [0.25, 0.3) is 0 Å². The maximum Gasteiger partial charge on any atom is 0.161 e. The molecule has 1 aromatic carbocycles. The first kappa shape index (κ1) is 11.6. The van der Waals surface area contributed by atoms with Gasteiger partial charge in [0.1, 0.15) is 19.0 Å². The standard InChI is InChI=1S/C15H17N3O2/c16-14-9-13(17-18-14)15(4-1-5-15)10-2-3-11-12(8-10)20-7-6-19-11/h2-3,8-9H,1,4-7H2,(H3,16,17,18). The average Bonchev–Trinajstić information content (AvgIpc) is 2.84. The summed E-state index contributed by atoms with van der Waals surface area (Å²) in [7, 11) is 0. The van der Waals surface area contributed by atoms with Gasteiger partial charge in [-0.1, -0.05) is 12.5 Å². The van der Waals surface area contributed by atoms with Crippen molar-refractivity contribution in [3.63, 3.8) is 0 Å². The minimum Gasteiger partial charge on any atom is -0.486 e. The zero-order valence-corrected chi connectivity index (χ0v) is 11.2. The van der Waals surface area contributed by atoms with Crippen LogP contribution in [-0.4, -0.2) is 23.4 Å². The van der Waals surface area contributed by atoms with E-state index in [4.69, 9.17) is 15.2 Å². The van der Waals surface area contributed by atoms with Crippen molar-refractivity contribution < 1.29 is 9.47 Å². The van der Waals surface area contributed by atoms with Crippen molar-refractivity contribution in [3.05, 3.63) is 35.5 Å². The minimum absolute atomic E-state index is 0.000454. The lowest BCUT2D eigenvalue weighted by Crippen LogP contribution is -2.36. The summed E-state index contributed by atoms with van der Waals surface area (Å²) in [4.78, 5) is 0. The average molecular weight is 271 g/mol. The molecule has 1 aliphatic heterocycles. The van der Waals surface area contributed by atoms with Gasteiger partial charge in [0.15, 0.2) is 11.5 Å². The molecule has 5 heteroatoms. The summed E-state index contributed by atoms with van der Waals surface area (Å²) in [5.74, 6) is 2.22. The van der Waals surface area contributed by atoms with Crippen LogP contribution in [0.2, 0.25) is 0 Å². The third kappa shape index (κ3) is 1.59. The molecule has 3 N–H and O–H groups in total. The Morgan fingerprint density at radius 3 is 2.55 bits per heavy atom. The van der Waals surface area contributed by atoms with Crippen LogP contribution in [0.25, 0.3) is 0 Å². The van der Waals surface area contributed by atoms with Gasteiger partial charge in [0, 0.05) is 17.2 Å². The maximum atomic E-state index is 5.76. The van der Waals surface area contributed by atoms with Gasteiger partial charge < -0.3 is 15.2 Å². The lowest BCUT2D eigenvalue weighted by Gasteiger charge is -2.41. The van der Waals surface area contributed by atoms with Gasteiger partial charge in [-0.25, -0.2) is 0 Å². The van der Waals surface area contributed by atoms with E-state index in [-0.39, 0.29) is 5.41 Å². The Morgan fingerprint density at radius 1 is 1.10 bits per heavy atom. The summed E-state index contributed by atoms with van der Waals surface area (Å²) in [5, 5.41) is 7.15. The first-order valence-electron chi connectivity index (χ1n) is 6.99. The summed E-state index contributed by atoms with van der Waals surface area (Å²) in [5.41, 5.74) is 8.10. The molecule has 0 unspecified atom stereocenters. The van der Waals surface area contributed by atoms with E-state index in [1.165, 1.54) is 12.0 Å². The number of nitrogens with one attached hydrogen (secondary N) is 1. The number of nitrogens with two attached hydrogens (primary N) is 1. The fourth-order valence-corrected chi connectivity index (χ4v) is 3.17. The molecule has 20 heavy (non-hydrogen) atoms. The molecule has 0 saturated heterocycles. The Kier molecular flexibility index (Phi) is 2.42. The number of aromatic amines is 1. The highest BCUT2D eigenvalue weighted by Crippen LogP contribution is 2.50. The number of H-pyrrole nitrogens is 1. The molecular formula is C15H17N3O2. The Labute approximate surface area is 117 Å². The third-order valence-corrected chi connectivity index (χ3v) is 4.42. The molecule has 0 spiro atoms. The monoisotopic (exact) mass is 271 g/mol. The largest absolute Gasteiger partial charge is 0.486 e. The molecular weight excluding hydrogens is 254 g/mol. The zero-order valence-electron chi connectivity index (χ0n) is 11.2. The van der Waals surface area contributed by atoms with Crippen molar-refractivity contribution in [2.75, 3.05) is 18.9 Å². The van der Waals surface area contributed by atoms with Crippen LogP contribution >= 0.6 is 0 Å². The van der Waals surface area contributed by atoms with E-state index in [2.05, 4.69) is 22.3 Å². The quantitative estimate of drug-likeness (QED) is 0.878. The van der Waals surface area contributed by atoms with Crippen molar-refractivity contribution in [2.24, 2.45) is 0 Å². The number of ether oxygens (including phenoxy) is 2. The van der Waals surface area contributed by atoms with Crippen LogP contribution in [0, 0.1) is 0 Å². The van der Waals surface area contributed by atoms with Crippen LogP contribution in [0.15, 0.2) is 24.3 Å². The van der Waals surface area contributed by atoms with Crippen molar-refractivity contribution in [3.8, 4) is 11.5 Å². The van der Waals surface area contributed by atoms with Gasteiger partial charge in [-0.3, -0.25) is 5.10 Å². The molecule has 4 rings (SSSR count). The molecule has 2 aromatic rings. The van der Waals surface area contributed by atoms with Crippen molar-refractivity contribution in [1.29, 1.82) is 0 Å². The summed E-state index contributed by atoms with van der Waals surface area (Å²) >= 11 is 0. The highest BCUT2D eigenvalue weighted by Gasteiger charge is 2.42. The minimum atomic E-state index is 0.000454. The molecule has 1 aromatic heterocycles. The van der Waals surface area contributed by atoms with Crippen LogP contribution in [0.5, 0.6) is 11.5 Å². The molecule has 2 heterocycles. The highest BCUT2D eigenvalue weighted by molar-refractivity contribution is 5.50. The molecule has 2 aliphatic rings. The predicted octanol–water partition coefficient (Wildman–Crippen LogP) is 2.23. The molecule has 1 aliphatic carbocycles. The summed E-state index contributed by atoms with van der Waals surface area (Å²) < 4.78 is 11.3. The number of aromatic nitrogens is 2. The second kappa shape index (κ2) is 4.16. The Morgan fingerprint density at radius 2 is 1.90 bits per heavy atom. The predicted molar refractivity (Wildman–Crippen MR) is 75.1 cm³/mol. The van der Waals surface area contributed by atoms with E-state index < -0.39 is 0 Å². The third-order valence-electron chi connectivity index (χ3n) is 4.42. The van der Waals surface area contributed by atoms with Gasteiger partial charge >= 0.3 is 0 Å².